The molecule has 2 rings (SSSR count). The second-order valence-corrected chi connectivity index (χ2v) is 7.27. The topological polar surface area (TPSA) is 107 Å². The summed E-state index contributed by atoms with van der Waals surface area (Å²) in [5.74, 6) is -0.696. The summed E-state index contributed by atoms with van der Waals surface area (Å²) in [6.07, 6.45) is 0. The van der Waals surface area contributed by atoms with E-state index in [9.17, 15) is 23.3 Å². The first-order chi connectivity index (χ1) is 12.3. The van der Waals surface area contributed by atoms with Crippen molar-refractivity contribution in [1.82, 2.24) is 0 Å². The van der Waals surface area contributed by atoms with Crippen LogP contribution < -0.4 is 4.31 Å². The molecule has 0 saturated carbocycles. The molecule has 0 bridgehead atoms. The molecular formula is C17H18N2O6S. The van der Waals surface area contributed by atoms with E-state index in [4.69, 9.17) is 4.74 Å². The molecule has 0 aliphatic rings. The van der Waals surface area contributed by atoms with Crippen LogP contribution in [0.4, 0.5) is 11.4 Å². The van der Waals surface area contributed by atoms with Crippen molar-refractivity contribution in [2.24, 2.45) is 0 Å². The Balaban J connectivity index is 2.46. The summed E-state index contributed by atoms with van der Waals surface area (Å²) in [7, 11) is -4.11. The molecule has 0 aliphatic heterocycles. The summed E-state index contributed by atoms with van der Waals surface area (Å²) >= 11 is 0. The number of carbonyl (C=O) groups excluding carboxylic acids is 1. The number of hydrogen-bond donors (Lipinski definition) is 0. The minimum absolute atomic E-state index is 0.123. The molecule has 0 unspecified atom stereocenters. The van der Waals surface area contributed by atoms with Crippen molar-refractivity contribution in [1.29, 1.82) is 0 Å². The summed E-state index contributed by atoms with van der Waals surface area (Å²) in [4.78, 5) is 21.9. The zero-order valence-corrected chi connectivity index (χ0v) is 15.1. The molecule has 138 valence electrons. The van der Waals surface area contributed by atoms with Gasteiger partial charge in [0.05, 0.1) is 22.1 Å². The van der Waals surface area contributed by atoms with Crippen LogP contribution in [0.3, 0.4) is 0 Å². The molecule has 9 heteroatoms. The van der Waals surface area contributed by atoms with Crippen molar-refractivity contribution in [3.63, 3.8) is 0 Å². The lowest BCUT2D eigenvalue weighted by molar-refractivity contribution is -0.384. The van der Waals surface area contributed by atoms with Crippen molar-refractivity contribution in [3.8, 4) is 0 Å². The molecule has 26 heavy (non-hydrogen) atoms. The molecule has 2 aromatic rings. The summed E-state index contributed by atoms with van der Waals surface area (Å²) < 4.78 is 31.8. The Morgan fingerprint density at radius 3 is 2.19 bits per heavy atom. The fourth-order valence-electron chi connectivity index (χ4n) is 2.22. The number of anilines is 1. The van der Waals surface area contributed by atoms with Gasteiger partial charge in [-0.15, -0.1) is 0 Å². The third-order valence-corrected chi connectivity index (χ3v) is 5.32. The van der Waals surface area contributed by atoms with E-state index >= 15 is 0 Å². The molecule has 0 radical (unpaired) electrons. The molecule has 0 N–H and O–H groups in total. The number of nitrogens with zero attached hydrogens (tertiary/aromatic N) is 2. The summed E-state index contributed by atoms with van der Waals surface area (Å²) in [6, 6.07) is 11.1. The van der Waals surface area contributed by atoms with Crippen LogP contribution in [-0.4, -0.2) is 32.5 Å². The molecule has 0 spiro atoms. The zero-order valence-electron chi connectivity index (χ0n) is 14.3. The zero-order chi connectivity index (χ0) is 19.3. The standard InChI is InChI=1S/C17H18N2O6S/c1-3-25-17(20)12-18(14-6-4-13(2)5-7-14)26(23,24)16-10-8-15(9-11-16)19(21)22/h4-11H,3,12H2,1-2H3. The predicted molar refractivity (Wildman–Crippen MR) is 95.4 cm³/mol. The van der Waals surface area contributed by atoms with E-state index in [-0.39, 0.29) is 17.2 Å². The van der Waals surface area contributed by atoms with E-state index in [1.165, 1.54) is 0 Å². The van der Waals surface area contributed by atoms with Crippen molar-refractivity contribution in [2.75, 3.05) is 17.5 Å². The highest BCUT2D eigenvalue weighted by atomic mass is 32.2. The molecule has 0 fully saturated rings. The molecule has 0 aromatic heterocycles. The Morgan fingerprint density at radius 1 is 1.12 bits per heavy atom. The number of non-ortho nitro benzene ring substituents is 1. The number of hydrogen-bond acceptors (Lipinski definition) is 6. The van der Waals surface area contributed by atoms with Crippen LogP contribution in [0.15, 0.2) is 53.4 Å². The normalized spacial score (nSPS) is 11.0. The van der Waals surface area contributed by atoms with Crippen molar-refractivity contribution < 1.29 is 22.9 Å². The maximum Gasteiger partial charge on any atom is 0.326 e. The van der Waals surface area contributed by atoms with E-state index in [2.05, 4.69) is 0 Å². The number of aryl methyl sites for hydroxylation is 1. The van der Waals surface area contributed by atoms with Gasteiger partial charge < -0.3 is 4.74 Å². The lowest BCUT2D eigenvalue weighted by Gasteiger charge is -2.23. The number of rotatable bonds is 7. The van der Waals surface area contributed by atoms with Crippen molar-refractivity contribution >= 4 is 27.4 Å². The fourth-order valence-corrected chi connectivity index (χ4v) is 3.63. The monoisotopic (exact) mass is 378 g/mol. The van der Waals surface area contributed by atoms with Crippen LogP contribution in [-0.2, 0) is 19.6 Å². The van der Waals surface area contributed by atoms with Gasteiger partial charge in [0.1, 0.15) is 6.54 Å². The Morgan fingerprint density at radius 2 is 1.69 bits per heavy atom. The van der Waals surface area contributed by atoms with Gasteiger partial charge in [-0.2, -0.15) is 0 Å². The van der Waals surface area contributed by atoms with Gasteiger partial charge in [0.2, 0.25) is 0 Å². The Hall–Kier alpha value is -2.94. The predicted octanol–water partition coefficient (Wildman–Crippen LogP) is 2.66. The number of benzene rings is 2. The number of carbonyl (C=O) groups is 1. The second-order valence-electron chi connectivity index (χ2n) is 5.40. The second kappa shape index (κ2) is 7.96. The molecular weight excluding hydrogens is 360 g/mol. The molecule has 0 atom stereocenters. The van der Waals surface area contributed by atoms with Crippen LogP contribution in [0.1, 0.15) is 12.5 Å². The van der Waals surface area contributed by atoms with Crippen LogP contribution in [0.5, 0.6) is 0 Å². The molecule has 0 heterocycles. The van der Waals surface area contributed by atoms with E-state index in [0.717, 1.165) is 34.1 Å². The van der Waals surface area contributed by atoms with Gasteiger partial charge in [-0.3, -0.25) is 19.2 Å². The average molecular weight is 378 g/mol. The highest BCUT2D eigenvalue weighted by Crippen LogP contribution is 2.25. The molecule has 2 aromatic carbocycles. The van der Waals surface area contributed by atoms with Crippen LogP contribution in [0.25, 0.3) is 0 Å². The first kappa shape index (κ1) is 19.4. The minimum atomic E-state index is -4.11. The number of ether oxygens (including phenoxy) is 1. The number of nitro benzene ring substituents is 1. The minimum Gasteiger partial charge on any atom is -0.465 e. The van der Waals surface area contributed by atoms with Gasteiger partial charge in [-0.05, 0) is 38.1 Å². The van der Waals surface area contributed by atoms with E-state index in [1.807, 2.05) is 6.92 Å². The summed E-state index contributed by atoms with van der Waals surface area (Å²) in [5.41, 5.74) is 0.996. The fraction of sp³-hybridized carbons (Fsp3) is 0.235. The van der Waals surface area contributed by atoms with Crippen LogP contribution in [0, 0.1) is 17.0 Å². The third kappa shape index (κ3) is 4.37. The van der Waals surface area contributed by atoms with Crippen LogP contribution >= 0.6 is 0 Å². The lowest BCUT2D eigenvalue weighted by Crippen LogP contribution is -2.36. The first-order valence-corrected chi connectivity index (χ1v) is 9.19. The van der Waals surface area contributed by atoms with E-state index < -0.39 is 27.5 Å². The van der Waals surface area contributed by atoms with Gasteiger partial charge >= 0.3 is 5.97 Å². The van der Waals surface area contributed by atoms with Gasteiger partial charge in [0, 0.05) is 12.1 Å². The molecule has 0 aliphatic carbocycles. The quantitative estimate of drug-likeness (QED) is 0.416. The smallest absolute Gasteiger partial charge is 0.326 e. The Labute approximate surface area is 151 Å². The Kier molecular flexibility index (Phi) is 5.93. The maximum absolute atomic E-state index is 13.0. The molecule has 8 nitrogen and oxygen atoms in total. The van der Waals surface area contributed by atoms with E-state index in [1.54, 1.807) is 31.2 Å². The SMILES string of the molecule is CCOC(=O)CN(c1ccc(C)cc1)S(=O)(=O)c1ccc([N+](=O)[O-])cc1. The third-order valence-electron chi connectivity index (χ3n) is 3.54. The maximum atomic E-state index is 13.0. The molecule has 0 saturated heterocycles. The van der Waals surface area contributed by atoms with Gasteiger partial charge in [0.25, 0.3) is 15.7 Å². The number of sulfonamides is 1. The van der Waals surface area contributed by atoms with Gasteiger partial charge in [-0.25, -0.2) is 8.42 Å². The largest absolute Gasteiger partial charge is 0.465 e. The summed E-state index contributed by atoms with van der Waals surface area (Å²) in [5, 5.41) is 10.8. The first-order valence-electron chi connectivity index (χ1n) is 7.75. The van der Waals surface area contributed by atoms with Crippen LogP contribution in [0.2, 0.25) is 0 Å². The van der Waals surface area contributed by atoms with Crippen molar-refractivity contribution in [2.45, 2.75) is 18.7 Å². The Bertz CT molecular complexity index is 892. The summed E-state index contributed by atoms with van der Waals surface area (Å²) in [6.45, 7) is 3.09. The van der Waals surface area contributed by atoms with Crippen molar-refractivity contribution in [3.05, 3.63) is 64.2 Å². The van der Waals surface area contributed by atoms with E-state index in [0.29, 0.717) is 5.69 Å². The number of esters is 1. The highest BCUT2D eigenvalue weighted by molar-refractivity contribution is 7.92. The number of nitro groups is 1. The highest BCUT2D eigenvalue weighted by Gasteiger charge is 2.28. The average Bonchev–Trinajstić information content (AvgIpc) is 2.61. The van der Waals surface area contributed by atoms with Gasteiger partial charge in [0.15, 0.2) is 0 Å². The van der Waals surface area contributed by atoms with Gasteiger partial charge in [-0.1, -0.05) is 17.7 Å². The lowest BCUT2D eigenvalue weighted by atomic mass is 10.2. The molecule has 0 amide bonds.